The van der Waals surface area contributed by atoms with Gasteiger partial charge in [0.2, 0.25) is 5.91 Å². The SMILES string of the molecule is CCN(C)c1cc(-c2ccncc2)c[nH]c1=O.CNC/C=C/C(=O)N1CCCC1. The maximum Gasteiger partial charge on any atom is 0.271 e. The van der Waals surface area contributed by atoms with E-state index in [0.29, 0.717) is 5.69 Å². The molecule has 29 heavy (non-hydrogen) atoms. The van der Waals surface area contributed by atoms with Gasteiger partial charge in [-0.05, 0) is 50.6 Å². The van der Waals surface area contributed by atoms with Crippen molar-refractivity contribution >= 4 is 11.6 Å². The van der Waals surface area contributed by atoms with Gasteiger partial charge in [-0.3, -0.25) is 14.6 Å². The molecule has 1 aliphatic heterocycles. The Morgan fingerprint density at radius 2 is 1.97 bits per heavy atom. The summed E-state index contributed by atoms with van der Waals surface area (Å²) in [5.41, 5.74) is 2.65. The Morgan fingerprint density at radius 1 is 1.28 bits per heavy atom. The molecule has 0 aliphatic carbocycles. The summed E-state index contributed by atoms with van der Waals surface area (Å²) >= 11 is 0. The quantitative estimate of drug-likeness (QED) is 0.731. The number of anilines is 1. The number of hydrogen-bond donors (Lipinski definition) is 2. The van der Waals surface area contributed by atoms with Gasteiger partial charge in [-0.15, -0.1) is 0 Å². The Bertz CT molecular complexity index is 842. The first kappa shape index (κ1) is 22.4. The van der Waals surface area contributed by atoms with Crippen molar-refractivity contribution in [2.45, 2.75) is 19.8 Å². The lowest BCUT2D eigenvalue weighted by molar-refractivity contribution is -0.125. The Morgan fingerprint density at radius 3 is 2.59 bits per heavy atom. The highest BCUT2D eigenvalue weighted by Crippen LogP contribution is 2.19. The van der Waals surface area contributed by atoms with E-state index in [0.717, 1.165) is 50.1 Å². The summed E-state index contributed by atoms with van der Waals surface area (Å²) in [4.78, 5) is 33.6. The molecule has 0 aromatic carbocycles. The van der Waals surface area contributed by atoms with Crippen LogP contribution < -0.4 is 15.8 Å². The Labute approximate surface area is 172 Å². The largest absolute Gasteiger partial charge is 0.370 e. The number of amides is 1. The zero-order valence-electron chi connectivity index (χ0n) is 17.5. The number of rotatable bonds is 6. The molecule has 7 heteroatoms. The van der Waals surface area contributed by atoms with Gasteiger partial charge in [-0.1, -0.05) is 6.08 Å². The molecule has 1 saturated heterocycles. The zero-order valence-corrected chi connectivity index (χ0v) is 17.5. The molecule has 0 spiro atoms. The second-order valence-electron chi connectivity index (χ2n) is 6.85. The number of nitrogens with zero attached hydrogens (tertiary/aromatic N) is 3. The molecule has 0 radical (unpaired) electrons. The lowest BCUT2D eigenvalue weighted by atomic mass is 10.1. The summed E-state index contributed by atoms with van der Waals surface area (Å²) in [7, 11) is 3.77. The van der Waals surface area contributed by atoms with E-state index in [9.17, 15) is 9.59 Å². The van der Waals surface area contributed by atoms with Crippen molar-refractivity contribution in [2.75, 3.05) is 45.2 Å². The second kappa shape index (κ2) is 11.8. The summed E-state index contributed by atoms with van der Waals surface area (Å²) < 4.78 is 0. The van der Waals surface area contributed by atoms with Gasteiger partial charge in [0, 0.05) is 63.5 Å². The molecule has 1 fully saturated rings. The van der Waals surface area contributed by atoms with Crippen LogP contribution in [0, 0.1) is 0 Å². The van der Waals surface area contributed by atoms with Crippen LogP contribution in [0.1, 0.15) is 19.8 Å². The molecular weight excluding hydrogens is 366 g/mol. The van der Waals surface area contributed by atoms with Crippen LogP contribution in [-0.4, -0.2) is 61.0 Å². The van der Waals surface area contributed by atoms with Crippen LogP contribution >= 0.6 is 0 Å². The maximum atomic E-state index is 11.7. The molecule has 2 N–H and O–H groups in total. The minimum Gasteiger partial charge on any atom is -0.370 e. The molecule has 1 aliphatic rings. The third-order valence-electron chi connectivity index (χ3n) is 4.78. The summed E-state index contributed by atoms with van der Waals surface area (Å²) in [6.45, 7) is 5.44. The fraction of sp³-hybridized carbons (Fsp3) is 0.409. The minimum atomic E-state index is -0.0628. The third kappa shape index (κ3) is 6.87. The van der Waals surface area contributed by atoms with Crippen LogP contribution in [0.15, 0.2) is 53.7 Å². The number of H-pyrrole nitrogens is 1. The lowest BCUT2D eigenvalue weighted by Crippen LogP contribution is -2.25. The smallest absolute Gasteiger partial charge is 0.271 e. The number of hydrogen-bond acceptors (Lipinski definition) is 5. The van der Waals surface area contributed by atoms with Gasteiger partial charge in [-0.25, -0.2) is 0 Å². The highest BCUT2D eigenvalue weighted by Gasteiger charge is 2.14. The van der Waals surface area contributed by atoms with Gasteiger partial charge in [0.15, 0.2) is 0 Å². The molecule has 0 saturated carbocycles. The predicted molar refractivity (Wildman–Crippen MR) is 118 cm³/mol. The van der Waals surface area contributed by atoms with E-state index >= 15 is 0 Å². The van der Waals surface area contributed by atoms with Crippen molar-refractivity contribution in [2.24, 2.45) is 0 Å². The molecular formula is C22H31N5O2. The average molecular weight is 398 g/mol. The number of likely N-dealkylation sites (tertiary alicyclic amines) is 1. The van der Waals surface area contributed by atoms with Crippen LogP contribution in [-0.2, 0) is 4.79 Å². The number of aromatic nitrogens is 2. The van der Waals surface area contributed by atoms with Crippen LogP contribution in [0.3, 0.4) is 0 Å². The van der Waals surface area contributed by atoms with E-state index in [2.05, 4.69) is 15.3 Å². The van der Waals surface area contributed by atoms with E-state index in [4.69, 9.17) is 0 Å². The molecule has 2 aromatic heterocycles. The number of aromatic amines is 1. The van der Waals surface area contributed by atoms with Gasteiger partial charge in [0.25, 0.3) is 5.56 Å². The van der Waals surface area contributed by atoms with Crippen molar-refractivity contribution in [1.82, 2.24) is 20.2 Å². The summed E-state index contributed by atoms with van der Waals surface area (Å²) in [6, 6.07) is 5.74. The van der Waals surface area contributed by atoms with E-state index in [1.807, 2.05) is 55.1 Å². The number of pyridine rings is 2. The highest BCUT2D eigenvalue weighted by molar-refractivity contribution is 5.87. The normalized spacial score (nSPS) is 13.3. The van der Waals surface area contributed by atoms with Gasteiger partial charge in [0.05, 0.1) is 0 Å². The third-order valence-corrected chi connectivity index (χ3v) is 4.78. The minimum absolute atomic E-state index is 0.0628. The summed E-state index contributed by atoms with van der Waals surface area (Å²) in [5.74, 6) is 0.155. The maximum absolute atomic E-state index is 11.7. The Kier molecular flexibility index (Phi) is 9.11. The molecule has 1 amide bonds. The van der Waals surface area contributed by atoms with Gasteiger partial charge in [-0.2, -0.15) is 0 Å². The molecule has 156 valence electrons. The molecule has 0 bridgehead atoms. The Balaban J connectivity index is 0.000000221. The number of carbonyl (C=O) groups excluding carboxylic acids is 1. The molecule has 3 rings (SSSR count). The van der Waals surface area contributed by atoms with E-state index in [-0.39, 0.29) is 11.5 Å². The van der Waals surface area contributed by atoms with Gasteiger partial charge < -0.3 is 20.1 Å². The lowest BCUT2D eigenvalue weighted by Gasteiger charge is -2.16. The topological polar surface area (TPSA) is 81.3 Å². The van der Waals surface area contributed by atoms with Crippen LogP contribution in [0.5, 0.6) is 0 Å². The zero-order chi connectivity index (χ0) is 21.1. The van der Waals surface area contributed by atoms with Crippen LogP contribution in [0.2, 0.25) is 0 Å². The molecule has 3 heterocycles. The highest BCUT2D eigenvalue weighted by atomic mass is 16.2. The average Bonchev–Trinajstić information content (AvgIpc) is 3.30. The van der Waals surface area contributed by atoms with E-state index in [1.54, 1.807) is 24.7 Å². The molecule has 0 unspecified atom stereocenters. The van der Waals surface area contributed by atoms with Gasteiger partial charge >= 0.3 is 0 Å². The monoisotopic (exact) mass is 397 g/mol. The summed E-state index contributed by atoms with van der Waals surface area (Å²) in [6.07, 6.45) is 11.0. The van der Waals surface area contributed by atoms with Crippen molar-refractivity contribution < 1.29 is 4.79 Å². The van der Waals surface area contributed by atoms with Crippen LogP contribution in [0.25, 0.3) is 11.1 Å². The van der Waals surface area contributed by atoms with Crippen LogP contribution in [0.4, 0.5) is 5.69 Å². The Hall–Kier alpha value is -2.93. The van der Waals surface area contributed by atoms with Crippen molar-refractivity contribution in [3.8, 4) is 11.1 Å². The summed E-state index contributed by atoms with van der Waals surface area (Å²) in [5, 5.41) is 2.96. The molecule has 2 aromatic rings. The van der Waals surface area contributed by atoms with Crippen molar-refractivity contribution in [3.05, 3.63) is 59.3 Å². The van der Waals surface area contributed by atoms with Crippen molar-refractivity contribution in [1.29, 1.82) is 0 Å². The first-order chi connectivity index (χ1) is 14.1. The predicted octanol–water partition coefficient (Wildman–Crippen LogP) is 2.28. The van der Waals surface area contributed by atoms with E-state index < -0.39 is 0 Å². The number of carbonyl (C=O) groups is 1. The van der Waals surface area contributed by atoms with Crippen molar-refractivity contribution in [3.63, 3.8) is 0 Å². The fourth-order valence-corrected chi connectivity index (χ4v) is 2.96. The first-order valence-corrected chi connectivity index (χ1v) is 10.0. The first-order valence-electron chi connectivity index (χ1n) is 10.0. The number of likely N-dealkylation sites (N-methyl/N-ethyl adjacent to an activating group) is 1. The van der Waals surface area contributed by atoms with Gasteiger partial charge in [0.1, 0.15) is 5.69 Å². The van der Waals surface area contributed by atoms with E-state index in [1.165, 1.54) is 0 Å². The standard InChI is InChI=1S/C13H15N3O.C9H16N2O/c1-3-16(2)12-8-11(9-15-13(12)17)10-4-6-14-7-5-10;1-10-6-4-5-9(12)11-7-2-3-8-11/h4-9H,3H2,1-2H3,(H,15,17);4-5,10H,2-3,6-8H2,1H3/b;5-4+. The second-order valence-corrected chi connectivity index (χ2v) is 6.85. The molecule has 0 atom stereocenters. The number of nitrogens with one attached hydrogen (secondary N) is 2. The molecule has 7 nitrogen and oxygen atoms in total. The fourth-order valence-electron chi connectivity index (χ4n) is 2.96.